The smallest absolute Gasteiger partial charge is 0.284 e. The van der Waals surface area contributed by atoms with Crippen molar-refractivity contribution in [3.63, 3.8) is 0 Å². The molecule has 0 radical (unpaired) electrons. The first-order valence-electron chi connectivity index (χ1n) is 3.66. The Hall–Kier alpha value is -0.960. The summed E-state index contributed by atoms with van der Waals surface area (Å²) in [5, 5.41) is 0. The summed E-state index contributed by atoms with van der Waals surface area (Å²) >= 11 is 0. The second-order valence-electron chi connectivity index (χ2n) is 2.42. The summed E-state index contributed by atoms with van der Waals surface area (Å²) in [6.07, 6.45) is 2.54. The number of nitrogens with two attached hydrogens (primary N) is 1. The predicted molar refractivity (Wildman–Crippen MR) is 42.5 cm³/mol. The van der Waals surface area contributed by atoms with Crippen LogP contribution in [0.15, 0.2) is 16.7 Å². The Balaban J connectivity index is 2.71. The molecule has 2 N–H and O–H groups in total. The van der Waals surface area contributed by atoms with Crippen molar-refractivity contribution in [1.82, 2.24) is 0 Å². The van der Waals surface area contributed by atoms with E-state index in [0.29, 0.717) is 5.95 Å². The molecule has 0 unspecified atom stereocenters. The van der Waals surface area contributed by atoms with Gasteiger partial charge in [-0.05, 0) is 6.42 Å². The van der Waals surface area contributed by atoms with E-state index in [4.69, 9.17) is 14.9 Å². The van der Waals surface area contributed by atoms with Gasteiger partial charge >= 0.3 is 0 Å². The molecule has 0 amide bonds. The minimum absolute atomic E-state index is 0.0580. The van der Waals surface area contributed by atoms with Crippen molar-refractivity contribution in [3.05, 3.63) is 17.9 Å². The van der Waals surface area contributed by atoms with Crippen LogP contribution in [0.4, 0.5) is 0 Å². The van der Waals surface area contributed by atoms with Crippen molar-refractivity contribution in [2.75, 3.05) is 7.11 Å². The molecule has 0 bridgehead atoms. The second kappa shape index (κ2) is 3.44. The van der Waals surface area contributed by atoms with Crippen LogP contribution in [0.1, 0.15) is 24.9 Å². The molecular weight excluding hydrogens is 142 g/mol. The highest BCUT2D eigenvalue weighted by Crippen LogP contribution is 2.21. The summed E-state index contributed by atoms with van der Waals surface area (Å²) in [7, 11) is 1.57. The summed E-state index contributed by atoms with van der Waals surface area (Å²) < 4.78 is 9.90. The third kappa shape index (κ3) is 1.74. The van der Waals surface area contributed by atoms with Crippen molar-refractivity contribution >= 4 is 0 Å². The molecule has 62 valence electrons. The second-order valence-corrected chi connectivity index (χ2v) is 2.42. The molecule has 1 atom stereocenters. The Morgan fingerprint density at radius 3 is 2.91 bits per heavy atom. The number of hydrogen-bond acceptors (Lipinski definition) is 3. The summed E-state index contributed by atoms with van der Waals surface area (Å²) in [5.41, 5.74) is 6.74. The van der Waals surface area contributed by atoms with Crippen LogP contribution in [-0.2, 0) is 0 Å². The largest absolute Gasteiger partial charge is 0.468 e. The predicted octanol–water partition coefficient (Wildman–Crippen LogP) is 1.70. The van der Waals surface area contributed by atoms with Gasteiger partial charge in [-0.3, -0.25) is 0 Å². The lowest BCUT2D eigenvalue weighted by Crippen LogP contribution is -2.06. The number of rotatable bonds is 3. The van der Waals surface area contributed by atoms with Gasteiger partial charge in [-0.15, -0.1) is 0 Å². The molecular formula is C8H13NO2. The van der Waals surface area contributed by atoms with Gasteiger partial charge in [0.05, 0.1) is 13.4 Å². The van der Waals surface area contributed by atoms with Gasteiger partial charge in [-0.1, -0.05) is 6.92 Å². The quantitative estimate of drug-likeness (QED) is 0.722. The highest BCUT2D eigenvalue weighted by Gasteiger charge is 2.07. The van der Waals surface area contributed by atoms with E-state index in [1.54, 1.807) is 13.4 Å². The van der Waals surface area contributed by atoms with Crippen molar-refractivity contribution in [3.8, 4) is 5.95 Å². The van der Waals surface area contributed by atoms with Gasteiger partial charge in [0.15, 0.2) is 0 Å². The standard InChI is InChI=1S/C8H13NO2/c1-3-7(9)6-4-8(10-2)11-5-6/h4-5,7H,3,9H2,1-2H3/t7-/m0/s1. The normalized spacial score (nSPS) is 13.0. The number of furan rings is 1. The molecule has 0 fully saturated rings. The Morgan fingerprint density at radius 2 is 2.45 bits per heavy atom. The van der Waals surface area contributed by atoms with Crippen LogP contribution >= 0.6 is 0 Å². The van der Waals surface area contributed by atoms with E-state index in [9.17, 15) is 0 Å². The fourth-order valence-corrected chi connectivity index (χ4v) is 0.867. The number of methoxy groups -OCH3 is 1. The molecule has 1 aromatic rings. The molecule has 0 aliphatic rings. The molecule has 1 rings (SSSR count). The van der Waals surface area contributed by atoms with Crippen LogP contribution in [0.2, 0.25) is 0 Å². The number of hydrogen-bond donors (Lipinski definition) is 1. The van der Waals surface area contributed by atoms with Gasteiger partial charge in [-0.2, -0.15) is 0 Å². The van der Waals surface area contributed by atoms with Gasteiger partial charge in [0.2, 0.25) is 0 Å². The molecule has 3 nitrogen and oxygen atoms in total. The van der Waals surface area contributed by atoms with Crippen LogP contribution in [0.5, 0.6) is 5.95 Å². The van der Waals surface area contributed by atoms with Crippen molar-refractivity contribution in [2.24, 2.45) is 5.73 Å². The van der Waals surface area contributed by atoms with Crippen LogP contribution in [0.3, 0.4) is 0 Å². The summed E-state index contributed by atoms with van der Waals surface area (Å²) in [6, 6.07) is 1.87. The van der Waals surface area contributed by atoms with E-state index in [-0.39, 0.29) is 6.04 Å². The van der Waals surface area contributed by atoms with Gasteiger partial charge in [0.25, 0.3) is 5.95 Å². The van der Waals surface area contributed by atoms with Crippen LogP contribution in [0.25, 0.3) is 0 Å². The summed E-state index contributed by atoms with van der Waals surface area (Å²) in [6.45, 7) is 2.03. The van der Waals surface area contributed by atoms with Gasteiger partial charge in [-0.25, -0.2) is 0 Å². The van der Waals surface area contributed by atoms with E-state index < -0.39 is 0 Å². The van der Waals surface area contributed by atoms with Gasteiger partial charge in [0.1, 0.15) is 0 Å². The van der Waals surface area contributed by atoms with Crippen molar-refractivity contribution in [1.29, 1.82) is 0 Å². The highest BCUT2D eigenvalue weighted by molar-refractivity contribution is 5.19. The molecule has 0 aliphatic heterocycles. The Kier molecular flexibility index (Phi) is 2.54. The van der Waals surface area contributed by atoms with Crippen LogP contribution in [-0.4, -0.2) is 7.11 Å². The molecule has 0 aliphatic carbocycles. The first-order chi connectivity index (χ1) is 5.27. The fraction of sp³-hybridized carbons (Fsp3) is 0.500. The average molecular weight is 155 g/mol. The SMILES string of the molecule is CC[C@H](N)c1coc(OC)c1. The average Bonchev–Trinajstić information content (AvgIpc) is 2.50. The fourth-order valence-electron chi connectivity index (χ4n) is 0.867. The lowest BCUT2D eigenvalue weighted by Gasteiger charge is -2.02. The maximum Gasteiger partial charge on any atom is 0.284 e. The van der Waals surface area contributed by atoms with Crippen LogP contribution in [0, 0.1) is 0 Å². The maximum absolute atomic E-state index is 5.75. The van der Waals surface area contributed by atoms with Gasteiger partial charge in [0, 0.05) is 17.7 Å². The maximum atomic E-state index is 5.75. The minimum Gasteiger partial charge on any atom is -0.468 e. The van der Waals surface area contributed by atoms with Crippen LogP contribution < -0.4 is 10.5 Å². The lowest BCUT2D eigenvalue weighted by atomic mass is 10.1. The third-order valence-electron chi connectivity index (χ3n) is 1.66. The first kappa shape index (κ1) is 8.14. The monoisotopic (exact) mass is 155 g/mol. The topological polar surface area (TPSA) is 48.4 Å². The Labute approximate surface area is 66.1 Å². The molecule has 11 heavy (non-hydrogen) atoms. The molecule has 0 spiro atoms. The highest BCUT2D eigenvalue weighted by atomic mass is 16.6. The van der Waals surface area contributed by atoms with E-state index in [1.165, 1.54) is 0 Å². The molecule has 0 aromatic carbocycles. The van der Waals surface area contributed by atoms with E-state index in [2.05, 4.69) is 0 Å². The molecule has 1 heterocycles. The van der Waals surface area contributed by atoms with Gasteiger partial charge < -0.3 is 14.9 Å². The first-order valence-corrected chi connectivity index (χ1v) is 3.66. The van der Waals surface area contributed by atoms with E-state index >= 15 is 0 Å². The molecule has 1 aromatic heterocycles. The van der Waals surface area contributed by atoms with Crippen molar-refractivity contribution in [2.45, 2.75) is 19.4 Å². The lowest BCUT2D eigenvalue weighted by molar-refractivity contribution is 0.305. The third-order valence-corrected chi connectivity index (χ3v) is 1.66. The molecule has 3 heteroatoms. The minimum atomic E-state index is 0.0580. The Bertz CT molecular complexity index is 220. The molecule has 0 saturated carbocycles. The van der Waals surface area contributed by atoms with E-state index in [0.717, 1.165) is 12.0 Å². The molecule has 0 saturated heterocycles. The number of ether oxygens (including phenoxy) is 1. The summed E-state index contributed by atoms with van der Waals surface area (Å²) in [4.78, 5) is 0. The zero-order valence-electron chi connectivity index (χ0n) is 6.83. The zero-order chi connectivity index (χ0) is 8.27. The summed E-state index contributed by atoms with van der Waals surface area (Å²) in [5.74, 6) is 0.518. The van der Waals surface area contributed by atoms with E-state index in [1.807, 2.05) is 13.0 Å². The van der Waals surface area contributed by atoms with Crippen molar-refractivity contribution < 1.29 is 9.15 Å². The Morgan fingerprint density at radius 1 is 1.73 bits per heavy atom. The zero-order valence-corrected chi connectivity index (χ0v) is 6.83.